The Bertz CT molecular complexity index is 791. The zero-order valence-electron chi connectivity index (χ0n) is 14.4. The first-order valence-corrected chi connectivity index (χ1v) is 9.06. The molecule has 0 aliphatic rings. The maximum atomic E-state index is 12.5. The number of ether oxygens (including phenoxy) is 3. The number of methoxy groups -OCH3 is 3. The summed E-state index contributed by atoms with van der Waals surface area (Å²) in [6.07, 6.45) is 0. The van der Waals surface area contributed by atoms with Crippen LogP contribution in [0.2, 0.25) is 0 Å². The number of hydrogen-bond acceptors (Lipinski definition) is 6. The molecule has 0 aliphatic carbocycles. The third-order valence-corrected chi connectivity index (χ3v) is 4.82. The average molecular weight is 366 g/mol. The molecule has 0 aromatic heterocycles. The fraction of sp³-hybridized carbons (Fsp3) is 0.294. The summed E-state index contributed by atoms with van der Waals surface area (Å²) < 4.78 is 42.8. The van der Waals surface area contributed by atoms with E-state index in [1.807, 2.05) is 0 Å². The summed E-state index contributed by atoms with van der Waals surface area (Å²) in [5.41, 5.74) is 1.35. The monoisotopic (exact) mass is 366 g/mol. The van der Waals surface area contributed by atoms with Gasteiger partial charge in [0.1, 0.15) is 0 Å². The minimum atomic E-state index is -3.73. The Balaban J connectivity index is 2.13. The van der Waals surface area contributed by atoms with Gasteiger partial charge < -0.3 is 19.5 Å². The van der Waals surface area contributed by atoms with Crippen LogP contribution in [0.4, 0.5) is 11.4 Å². The number of nitrogens with one attached hydrogen (secondary N) is 2. The number of rotatable bonds is 9. The minimum absolute atomic E-state index is 0.0902. The van der Waals surface area contributed by atoms with Gasteiger partial charge in [-0.3, -0.25) is 4.72 Å². The molecule has 2 aromatic rings. The van der Waals surface area contributed by atoms with Gasteiger partial charge in [-0.1, -0.05) is 0 Å². The van der Waals surface area contributed by atoms with Gasteiger partial charge in [-0.15, -0.1) is 0 Å². The van der Waals surface area contributed by atoms with Crippen molar-refractivity contribution in [3.05, 3.63) is 42.5 Å². The molecule has 2 N–H and O–H groups in total. The molecule has 0 amide bonds. The van der Waals surface area contributed by atoms with Gasteiger partial charge in [0.25, 0.3) is 10.0 Å². The van der Waals surface area contributed by atoms with Crippen molar-refractivity contribution in [2.24, 2.45) is 0 Å². The quantitative estimate of drug-likeness (QED) is 0.664. The number of anilines is 2. The highest BCUT2D eigenvalue weighted by Crippen LogP contribution is 2.30. The van der Waals surface area contributed by atoms with Crippen molar-refractivity contribution in [1.82, 2.24) is 0 Å². The Morgan fingerprint density at radius 2 is 1.52 bits per heavy atom. The van der Waals surface area contributed by atoms with Crippen molar-refractivity contribution < 1.29 is 22.6 Å². The van der Waals surface area contributed by atoms with Crippen LogP contribution in [0.3, 0.4) is 0 Å². The lowest BCUT2D eigenvalue weighted by Gasteiger charge is -2.12. The zero-order valence-corrected chi connectivity index (χ0v) is 15.2. The second-order valence-corrected chi connectivity index (χ2v) is 6.80. The maximum absolute atomic E-state index is 12.5. The Morgan fingerprint density at radius 3 is 2.12 bits per heavy atom. The van der Waals surface area contributed by atoms with E-state index >= 15 is 0 Å². The van der Waals surface area contributed by atoms with Gasteiger partial charge in [-0.05, 0) is 36.4 Å². The van der Waals surface area contributed by atoms with Gasteiger partial charge in [-0.2, -0.15) is 0 Å². The van der Waals surface area contributed by atoms with Crippen molar-refractivity contribution in [3.8, 4) is 11.5 Å². The predicted molar refractivity (Wildman–Crippen MR) is 97.2 cm³/mol. The summed E-state index contributed by atoms with van der Waals surface area (Å²) in [4.78, 5) is 0.0902. The lowest BCUT2D eigenvalue weighted by atomic mass is 10.3. The van der Waals surface area contributed by atoms with E-state index in [1.165, 1.54) is 26.4 Å². The van der Waals surface area contributed by atoms with Crippen molar-refractivity contribution in [1.29, 1.82) is 0 Å². The molecule has 0 heterocycles. The molecule has 7 nitrogen and oxygen atoms in total. The second kappa shape index (κ2) is 8.59. The predicted octanol–water partition coefficient (Wildman–Crippen LogP) is 2.56. The van der Waals surface area contributed by atoms with Gasteiger partial charge >= 0.3 is 0 Å². The van der Waals surface area contributed by atoms with Crippen LogP contribution in [0.1, 0.15) is 0 Å². The first kappa shape index (κ1) is 18.9. The van der Waals surface area contributed by atoms with Gasteiger partial charge in [0.2, 0.25) is 0 Å². The highest BCUT2D eigenvalue weighted by molar-refractivity contribution is 7.92. The van der Waals surface area contributed by atoms with Crippen molar-refractivity contribution in [2.45, 2.75) is 4.90 Å². The molecule has 0 spiro atoms. The first-order chi connectivity index (χ1) is 12.0. The van der Waals surface area contributed by atoms with Gasteiger partial charge in [-0.25, -0.2) is 8.42 Å². The lowest BCUT2D eigenvalue weighted by Crippen LogP contribution is -2.13. The molecule has 0 radical (unpaired) electrons. The topological polar surface area (TPSA) is 85.9 Å². The molecule has 0 unspecified atom stereocenters. The Labute approximate surface area is 148 Å². The van der Waals surface area contributed by atoms with Crippen LogP contribution in [0.25, 0.3) is 0 Å². The number of sulfonamides is 1. The van der Waals surface area contributed by atoms with E-state index in [9.17, 15) is 8.42 Å². The molecular weight excluding hydrogens is 344 g/mol. The molecule has 25 heavy (non-hydrogen) atoms. The van der Waals surface area contributed by atoms with Crippen molar-refractivity contribution in [2.75, 3.05) is 44.5 Å². The maximum Gasteiger partial charge on any atom is 0.262 e. The zero-order chi connectivity index (χ0) is 18.3. The lowest BCUT2D eigenvalue weighted by molar-refractivity contribution is 0.211. The van der Waals surface area contributed by atoms with Gasteiger partial charge in [0.15, 0.2) is 11.5 Å². The Morgan fingerprint density at radius 1 is 0.880 bits per heavy atom. The molecule has 0 atom stereocenters. The highest BCUT2D eigenvalue weighted by Gasteiger charge is 2.17. The highest BCUT2D eigenvalue weighted by atomic mass is 32.2. The molecule has 0 saturated heterocycles. The summed E-state index contributed by atoms with van der Waals surface area (Å²) in [5.74, 6) is 0.816. The van der Waals surface area contributed by atoms with E-state index in [2.05, 4.69) is 10.0 Å². The SMILES string of the molecule is COCCNc1ccc(NS(=O)(=O)c2ccc(OC)c(OC)c2)cc1. The fourth-order valence-electron chi connectivity index (χ4n) is 2.15. The minimum Gasteiger partial charge on any atom is -0.493 e. The smallest absolute Gasteiger partial charge is 0.262 e. The first-order valence-electron chi connectivity index (χ1n) is 7.58. The van der Waals surface area contributed by atoms with Crippen LogP contribution in [-0.2, 0) is 14.8 Å². The van der Waals surface area contributed by atoms with Crippen molar-refractivity contribution >= 4 is 21.4 Å². The van der Waals surface area contributed by atoms with E-state index in [1.54, 1.807) is 37.4 Å². The van der Waals surface area contributed by atoms with E-state index in [0.29, 0.717) is 30.3 Å². The number of benzene rings is 2. The third-order valence-electron chi connectivity index (χ3n) is 3.44. The molecular formula is C17H22N2O5S. The molecule has 136 valence electrons. The summed E-state index contributed by atoms with van der Waals surface area (Å²) >= 11 is 0. The van der Waals surface area contributed by atoms with Crippen LogP contribution >= 0.6 is 0 Å². The Kier molecular flexibility index (Phi) is 6.49. The molecule has 2 rings (SSSR count). The van der Waals surface area contributed by atoms with Gasteiger partial charge in [0.05, 0.1) is 25.7 Å². The van der Waals surface area contributed by atoms with Crippen LogP contribution in [-0.4, -0.2) is 42.9 Å². The standard InChI is InChI=1S/C17H22N2O5S/c1-22-11-10-18-13-4-6-14(7-5-13)19-25(20,21)15-8-9-16(23-2)17(12-15)24-3/h4-9,12,18-19H,10-11H2,1-3H3. The molecule has 8 heteroatoms. The van der Waals surface area contributed by atoms with E-state index in [-0.39, 0.29) is 4.90 Å². The summed E-state index contributed by atoms with van der Waals surface area (Å²) in [5, 5.41) is 3.16. The molecule has 2 aromatic carbocycles. The van der Waals surface area contributed by atoms with E-state index in [0.717, 1.165) is 5.69 Å². The molecule has 0 saturated carbocycles. The fourth-order valence-corrected chi connectivity index (χ4v) is 3.22. The van der Waals surface area contributed by atoms with Crippen LogP contribution in [0.5, 0.6) is 11.5 Å². The summed E-state index contributed by atoms with van der Waals surface area (Å²) in [6, 6.07) is 11.4. The molecule has 0 fully saturated rings. The Hall–Kier alpha value is -2.45. The molecule has 0 bridgehead atoms. The van der Waals surface area contributed by atoms with E-state index in [4.69, 9.17) is 14.2 Å². The third kappa shape index (κ3) is 5.01. The van der Waals surface area contributed by atoms with Crippen molar-refractivity contribution in [3.63, 3.8) is 0 Å². The molecule has 0 aliphatic heterocycles. The largest absolute Gasteiger partial charge is 0.493 e. The second-order valence-electron chi connectivity index (χ2n) is 5.12. The van der Waals surface area contributed by atoms with Gasteiger partial charge in [0, 0.05) is 31.1 Å². The summed E-state index contributed by atoms with van der Waals surface area (Å²) in [7, 11) is 0.850. The van der Waals surface area contributed by atoms with Crippen LogP contribution < -0.4 is 19.5 Å². The summed E-state index contributed by atoms with van der Waals surface area (Å²) in [6.45, 7) is 1.26. The average Bonchev–Trinajstić information content (AvgIpc) is 2.62. The van der Waals surface area contributed by atoms with Crippen LogP contribution in [0.15, 0.2) is 47.4 Å². The van der Waals surface area contributed by atoms with Crippen LogP contribution in [0, 0.1) is 0 Å². The van der Waals surface area contributed by atoms with E-state index < -0.39 is 10.0 Å². The normalized spacial score (nSPS) is 11.0. The number of hydrogen-bond donors (Lipinski definition) is 2.